The maximum atomic E-state index is 11.4. The summed E-state index contributed by atoms with van der Waals surface area (Å²) in [7, 11) is 3.47. The van der Waals surface area contributed by atoms with Crippen LogP contribution < -0.4 is 0 Å². The lowest BCUT2D eigenvalue weighted by atomic mass is 10.1. The van der Waals surface area contributed by atoms with Crippen molar-refractivity contribution in [1.82, 2.24) is 4.90 Å². The number of hydrogen-bond acceptors (Lipinski definition) is 3. The summed E-state index contributed by atoms with van der Waals surface area (Å²) in [5.74, 6) is 0.0839. The molecule has 0 saturated carbocycles. The van der Waals surface area contributed by atoms with Gasteiger partial charge < -0.3 is 15.1 Å². The highest BCUT2D eigenvalue weighted by Gasteiger charge is 2.05. The van der Waals surface area contributed by atoms with E-state index in [9.17, 15) is 15.0 Å². The molecule has 0 aromatic heterocycles. The first-order valence-corrected chi connectivity index (χ1v) is 9.70. The van der Waals surface area contributed by atoms with Crippen molar-refractivity contribution >= 4 is 5.91 Å². The van der Waals surface area contributed by atoms with Gasteiger partial charge in [0.2, 0.25) is 5.91 Å². The third kappa shape index (κ3) is 15.9. The molecular formula is C22H37NO3. The summed E-state index contributed by atoms with van der Waals surface area (Å²) in [6.45, 7) is 2.19. The summed E-state index contributed by atoms with van der Waals surface area (Å²) in [5.41, 5.74) is 0. The van der Waals surface area contributed by atoms with Crippen LogP contribution in [0.4, 0.5) is 0 Å². The van der Waals surface area contributed by atoms with Crippen LogP contribution in [0.2, 0.25) is 0 Å². The van der Waals surface area contributed by atoms with Crippen molar-refractivity contribution in [3.63, 3.8) is 0 Å². The van der Waals surface area contributed by atoms with Crippen LogP contribution in [0.1, 0.15) is 58.3 Å². The zero-order valence-corrected chi connectivity index (χ0v) is 16.7. The molecule has 0 saturated heterocycles. The smallest absolute Gasteiger partial charge is 0.222 e. The minimum absolute atomic E-state index is 0.0839. The van der Waals surface area contributed by atoms with Crippen LogP contribution in [0.5, 0.6) is 0 Å². The van der Waals surface area contributed by atoms with E-state index in [2.05, 4.69) is 13.0 Å². The summed E-state index contributed by atoms with van der Waals surface area (Å²) in [6.07, 6.45) is 21.0. The quantitative estimate of drug-likeness (QED) is 0.277. The SMILES string of the molecule is CCCCC/C=C/C[C@@H](O)/C=C/C=C/C=C\[C@@H](O)CCCC(=O)N(C)C. The van der Waals surface area contributed by atoms with Crippen molar-refractivity contribution in [2.45, 2.75) is 70.5 Å². The lowest BCUT2D eigenvalue weighted by Crippen LogP contribution is -2.21. The number of carbonyl (C=O) groups is 1. The highest BCUT2D eigenvalue weighted by atomic mass is 16.3. The second-order valence-electron chi connectivity index (χ2n) is 6.67. The van der Waals surface area contributed by atoms with Crippen molar-refractivity contribution in [3.05, 3.63) is 48.6 Å². The van der Waals surface area contributed by atoms with Gasteiger partial charge >= 0.3 is 0 Å². The standard InChI is InChI=1S/C22H37NO3/c1-4-5-6-7-8-11-15-20(24)16-12-9-10-13-17-21(25)18-14-19-22(26)23(2)3/h8-13,16-17,20-21,24-25H,4-7,14-15,18-19H2,1-3H3/b10-9+,11-8+,16-12+,17-13-/t20-,21-/m1/s1. The summed E-state index contributed by atoms with van der Waals surface area (Å²) in [4.78, 5) is 13.0. The van der Waals surface area contributed by atoms with E-state index in [1.807, 2.05) is 24.3 Å². The fourth-order valence-corrected chi connectivity index (χ4v) is 2.24. The predicted octanol–water partition coefficient (Wildman–Crippen LogP) is 4.16. The third-order valence-electron chi connectivity index (χ3n) is 3.91. The molecule has 0 unspecified atom stereocenters. The molecule has 1 amide bonds. The van der Waals surface area contributed by atoms with Crippen molar-refractivity contribution in [2.75, 3.05) is 14.1 Å². The van der Waals surface area contributed by atoms with Gasteiger partial charge in [-0.3, -0.25) is 4.79 Å². The highest BCUT2D eigenvalue weighted by molar-refractivity contribution is 5.75. The topological polar surface area (TPSA) is 60.8 Å². The van der Waals surface area contributed by atoms with Crippen LogP contribution in [0.15, 0.2) is 48.6 Å². The lowest BCUT2D eigenvalue weighted by Gasteiger charge is -2.10. The van der Waals surface area contributed by atoms with Crippen molar-refractivity contribution in [3.8, 4) is 0 Å². The minimum atomic E-state index is -0.540. The number of nitrogens with zero attached hydrogens (tertiary/aromatic N) is 1. The Hall–Kier alpha value is -1.65. The molecule has 0 aliphatic carbocycles. The zero-order valence-electron chi connectivity index (χ0n) is 16.7. The van der Waals surface area contributed by atoms with Crippen LogP contribution in [0.25, 0.3) is 0 Å². The van der Waals surface area contributed by atoms with E-state index >= 15 is 0 Å². The molecule has 0 fully saturated rings. The fraction of sp³-hybridized carbons (Fsp3) is 0.591. The molecule has 0 heterocycles. The Bertz CT molecular complexity index is 464. The van der Waals surface area contributed by atoms with Gasteiger partial charge in [-0.15, -0.1) is 0 Å². The number of allylic oxidation sites excluding steroid dienone is 5. The van der Waals surface area contributed by atoms with Crippen LogP contribution in [-0.4, -0.2) is 47.3 Å². The molecule has 0 radical (unpaired) electrons. The molecule has 0 aliphatic rings. The summed E-state index contributed by atoms with van der Waals surface area (Å²) >= 11 is 0. The molecule has 0 rings (SSSR count). The molecular weight excluding hydrogens is 326 g/mol. The van der Waals surface area contributed by atoms with Crippen molar-refractivity contribution in [2.24, 2.45) is 0 Å². The number of carbonyl (C=O) groups excluding carboxylic acids is 1. The first-order chi connectivity index (χ1) is 12.5. The summed E-state index contributed by atoms with van der Waals surface area (Å²) in [6, 6.07) is 0. The number of rotatable bonds is 14. The van der Waals surface area contributed by atoms with Gasteiger partial charge in [-0.2, -0.15) is 0 Å². The van der Waals surface area contributed by atoms with E-state index in [0.717, 1.165) is 6.42 Å². The Morgan fingerprint density at radius 3 is 2.19 bits per heavy atom. The molecule has 2 atom stereocenters. The van der Waals surface area contributed by atoms with E-state index in [0.29, 0.717) is 25.7 Å². The maximum absolute atomic E-state index is 11.4. The van der Waals surface area contributed by atoms with E-state index in [4.69, 9.17) is 0 Å². The summed E-state index contributed by atoms with van der Waals surface area (Å²) < 4.78 is 0. The zero-order chi connectivity index (χ0) is 19.6. The van der Waals surface area contributed by atoms with Gasteiger partial charge in [0.25, 0.3) is 0 Å². The molecule has 148 valence electrons. The average molecular weight is 364 g/mol. The molecule has 0 aromatic rings. The predicted molar refractivity (Wildman–Crippen MR) is 110 cm³/mol. The maximum Gasteiger partial charge on any atom is 0.222 e. The normalized spacial score (nSPS) is 14.8. The van der Waals surface area contributed by atoms with E-state index in [1.54, 1.807) is 37.2 Å². The summed E-state index contributed by atoms with van der Waals surface area (Å²) in [5, 5.41) is 19.6. The van der Waals surface area contributed by atoms with Gasteiger partial charge in [-0.05, 0) is 32.1 Å². The van der Waals surface area contributed by atoms with E-state index < -0.39 is 12.2 Å². The molecule has 0 spiro atoms. The number of hydrogen-bond donors (Lipinski definition) is 2. The molecule has 2 N–H and O–H groups in total. The van der Waals surface area contributed by atoms with Gasteiger partial charge in [-0.1, -0.05) is 68.4 Å². The molecule has 0 aromatic carbocycles. The first kappa shape index (κ1) is 24.4. The number of unbranched alkanes of at least 4 members (excludes halogenated alkanes) is 3. The van der Waals surface area contributed by atoms with Gasteiger partial charge in [-0.25, -0.2) is 0 Å². The van der Waals surface area contributed by atoms with E-state index in [1.165, 1.54) is 19.3 Å². The van der Waals surface area contributed by atoms with Crippen LogP contribution >= 0.6 is 0 Å². The van der Waals surface area contributed by atoms with Gasteiger partial charge in [0.15, 0.2) is 0 Å². The van der Waals surface area contributed by atoms with Crippen LogP contribution in [0.3, 0.4) is 0 Å². The van der Waals surface area contributed by atoms with Gasteiger partial charge in [0, 0.05) is 20.5 Å². The van der Waals surface area contributed by atoms with Gasteiger partial charge in [0.1, 0.15) is 0 Å². The Labute approximate surface area is 159 Å². The Morgan fingerprint density at radius 1 is 0.923 bits per heavy atom. The molecule has 4 nitrogen and oxygen atoms in total. The Morgan fingerprint density at radius 2 is 1.58 bits per heavy atom. The van der Waals surface area contributed by atoms with Gasteiger partial charge in [0.05, 0.1) is 12.2 Å². The molecule has 0 bridgehead atoms. The number of aliphatic hydroxyl groups excluding tert-OH is 2. The third-order valence-corrected chi connectivity index (χ3v) is 3.91. The van der Waals surface area contributed by atoms with Crippen molar-refractivity contribution in [1.29, 1.82) is 0 Å². The monoisotopic (exact) mass is 363 g/mol. The van der Waals surface area contributed by atoms with E-state index in [-0.39, 0.29) is 5.91 Å². The van der Waals surface area contributed by atoms with Crippen molar-refractivity contribution < 1.29 is 15.0 Å². The number of amides is 1. The molecule has 4 heteroatoms. The lowest BCUT2D eigenvalue weighted by molar-refractivity contribution is -0.128. The molecule has 0 aliphatic heterocycles. The number of aliphatic hydroxyl groups is 2. The second-order valence-corrected chi connectivity index (χ2v) is 6.67. The Balaban J connectivity index is 3.86. The largest absolute Gasteiger partial charge is 0.389 e. The molecule has 26 heavy (non-hydrogen) atoms. The second kappa shape index (κ2) is 16.8. The average Bonchev–Trinajstić information content (AvgIpc) is 2.60. The fourth-order valence-electron chi connectivity index (χ4n) is 2.24. The van der Waals surface area contributed by atoms with Crippen LogP contribution in [-0.2, 0) is 4.79 Å². The Kier molecular flexibility index (Phi) is 15.7. The first-order valence-electron chi connectivity index (χ1n) is 9.70. The minimum Gasteiger partial charge on any atom is -0.389 e. The van der Waals surface area contributed by atoms with Crippen LogP contribution in [0, 0.1) is 0 Å². The highest BCUT2D eigenvalue weighted by Crippen LogP contribution is 2.04.